The van der Waals surface area contributed by atoms with E-state index in [1.54, 1.807) is 0 Å². The zero-order valence-electron chi connectivity index (χ0n) is 11.1. The fourth-order valence-corrected chi connectivity index (χ4v) is 2.67. The Bertz CT molecular complexity index is 223. The summed E-state index contributed by atoms with van der Waals surface area (Å²) in [5.74, 6) is 0.658. The Labute approximate surface area is 100 Å². The molecule has 0 aromatic carbocycles. The van der Waals surface area contributed by atoms with Crippen molar-refractivity contribution in [2.75, 3.05) is 13.2 Å². The van der Waals surface area contributed by atoms with Crippen LogP contribution in [0.2, 0.25) is 0 Å². The summed E-state index contributed by atoms with van der Waals surface area (Å²) in [5, 5.41) is 3.78. The van der Waals surface area contributed by atoms with Gasteiger partial charge in [0, 0.05) is 19.2 Å². The number of nitrogens with one attached hydrogen (secondary N) is 1. The Hall–Kier alpha value is -0.0800. The molecule has 1 N–H and O–H groups in total. The zero-order chi connectivity index (χ0) is 11.6. The third-order valence-corrected chi connectivity index (χ3v) is 4.53. The minimum atomic E-state index is 0.475. The normalized spacial score (nSPS) is 33.0. The van der Waals surface area contributed by atoms with Crippen LogP contribution in [-0.2, 0) is 4.74 Å². The van der Waals surface area contributed by atoms with E-state index in [0.717, 1.165) is 6.61 Å². The molecule has 2 unspecified atom stereocenters. The van der Waals surface area contributed by atoms with Crippen molar-refractivity contribution >= 4 is 0 Å². The highest BCUT2D eigenvalue weighted by atomic mass is 16.5. The highest BCUT2D eigenvalue weighted by molar-refractivity contribution is 4.94. The minimum Gasteiger partial charge on any atom is -0.378 e. The van der Waals surface area contributed by atoms with Crippen molar-refractivity contribution in [1.29, 1.82) is 0 Å². The molecule has 2 aliphatic rings. The molecular weight excluding hydrogens is 198 g/mol. The lowest BCUT2D eigenvalue weighted by molar-refractivity contribution is -0.0249. The Morgan fingerprint density at radius 3 is 2.69 bits per heavy atom. The topological polar surface area (TPSA) is 21.3 Å². The maximum atomic E-state index is 5.80. The molecule has 1 heterocycles. The van der Waals surface area contributed by atoms with Crippen molar-refractivity contribution in [3.05, 3.63) is 0 Å². The highest BCUT2D eigenvalue weighted by Gasteiger charge is 2.40. The molecule has 1 aliphatic carbocycles. The number of ether oxygens (including phenoxy) is 1. The van der Waals surface area contributed by atoms with Gasteiger partial charge in [-0.2, -0.15) is 0 Å². The first-order valence-electron chi connectivity index (χ1n) is 7.00. The van der Waals surface area contributed by atoms with Gasteiger partial charge in [0.25, 0.3) is 0 Å². The number of hydrogen-bond donors (Lipinski definition) is 1. The van der Waals surface area contributed by atoms with Crippen LogP contribution < -0.4 is 5.32 Å². The first-order chi connectivity index (χ1) is 7.65. The number of rotatable bonds is 5. The molecule has 94 valence electrons. The SMILES string of the molecule is CCC1(CNC2CCOC(C(C)C)C2)CC1. The summed E-state index contributed by atoms with van der Waals surface area (Å²) in [6.45, 7) is 9.04. The lowest BCUT2D eigenvalue weighted by Crippen LogP contribution is -2.42. The third-order valence-electron chi connectivity index (χ3n) is 4.53. The molecule has 2 atom stereocenters. The van der Waals surface area contributed by atoms with Gasteiger partial charge in [-0.15, -0.1) is 0 Å². The fourth-order valence-electron chi connectivity index (χ4n) is 2.67. The average molecular weight is 225 g/mol. The molecule has 2 fully saturated rings. The van der Waals surface area contributed by atoms with E-state index in [0.29, 0.717) is 23.5 Å². The Morgan fingerprint density at radius 2 is 2.12 bits per heavy atom. The van der Waals surface area contributed by atoms with Crippen molar-refractivity contribution in [1.82, 2.24) is 5.32 Å². The van der Waals surface area contributed by atoms with E-state index in [2.05, 4.69) is 26.1 Å². The van der Waals surface area contributed by atoms with Gasteiger partial charge in [0.2, 0.25) is 0 Å². The Kier molecular flexibility index (Phi) is 3.91. The quantitative estimate of drug-likeness (QED) is 0.776. The molecular formula is C14H27NO. The first kappa shape index (κ1) is 12.4. The van der Waals surface area contributed by atoms with Gasteiger partial charge in [0.1, 0.15) is 0 Å². The van der Waals surface area contributed by atoms with Crippen LogP contribution in [0.3, 0.4) is 0 Å². The van der Waals surface area contributed by atoms with Crippen LogP contribution in [0.1, 0.15) is 52.9 Å². The molecule has 2 rings (SSSR count). The van der Waals surface area contributed by atoms with Gasteiger partial charge in [-0.25, -0.2) is 0 Å². The van der Waals surface area contributed by atoms with Crippen molar-refractivity contribution in [2.45, 2.75) is 65.0 Å². The van der Waals surface area contributed by atoms with E-state index in [1.807, 2.05) is 0 Å². The molecule has 0 bridgehead atoms. The van der Waals surface area contributed by atoms with E-state index >= 15 is 0 Å². The van der Waals surface area contributed by atoms with Crippen LogP contribution in [0, 0.1) is 11.3 Å². The average Bonchev–Trinajstić information content (AvgIpc) is 3.07. The predicted molar refractivity (Wildman–Crippen MR) is 67.6 cm³/mol. The molecule has 2 nitrogen and oxygen atoms in total. The maximum absolute atomic E-state index is 5.80. The summed E-state index contributed by atoms with van der Waals surface area (Å²) in [6, 6.07) is 0.699. The van der Waals surface area contributed by atoms with Gasteiger partial charge in [-0.1, -0.05) is 20.8 Å². The summed E-state index contributed by atoms with van der Waals surface area (Å²) in [6.07, 6.45) is 7.10. The molecule has 0 spiro atoms. The van der Waals surface area contributed by atoms with Crippen LogP contribution in [0.4, 0.5) is 0 Å². The maximum Gasteiger partial charge on any atom is 0.0612 e. The molecule has 16 heavy (non-hydrogen) atoms. The van der Waals surface area contributed by atoms with Gasteiger partial charge in [-0.05, 0) is 43.4 Å². The van der Waals surface area contributed by atoms with E-state index < -0.39 is 0 Å². The second kappa shape index (κ2) is 5.05. The number of hydrogen-bond acceptors (Lipinski definition) is 2. The van der Waals surface area contributed by atoms with Crippen LogP contribution in [0.5, 0.6) is 0 Å². The van der Waals surface area contributed by atoms with E-state index in [4.69, 9.17) is 4.74 Å². The molecule has 0 aromatic rings. The fraction of sp³-hybridized carbons (Fsp3) is 1.00. The highest BCUT2D eigenvalue weighted by Crippen LogP contribution is 2.48. The van der Waals surface area contributed by atoms with Crippen molar-refractivity contribution in [2.24, 2.45) is 11.3 Å². The molecule has 1 saturated heterocycles. The summed E-state index contributed by atoms with van der Waals surface area (Å²) in [5.41, 5.74) is 0.672. The van der Waals surface area contributed by atoms with Gasteiger partial charge in [0.05, 0.1) is 6.10 Å². The van der Waals surface area contributed by atoms with E-state index in [9.17, 15) is 0 Å². The van der Waals surface area contributed by atoms with Gasteiger partial charge in [0.15, 0.2) is 0 Å². The summed E-state index contributed by atoms with van der Waals surface area (Å²) >= 11 is 0. The first-order valence-corrected chi connectivity index (χ1v) is 7.00. The molecule has 0 amide bonds. The monoisotopic (exact) mass is 225 g/mol. The molecule has 1 aliphatic heterocycles. The van der Waals surface area contributed by atoms with Gasteiger partial charge < -0.3 is 10.1 Å². The van der Waals surface area contributed by atoms with Crippen molar-refractivity contribution in [3.63, 3.8) is 0 Å². The smallest absolute Gasteiger partial charge is 0.0612 e. The zero-order valence-corrected chi connectivity index (χ0v) is 11.1. The van der Waals surface area contributed by atoms with E-state index in [1.165, 1.54) is 38.6 Å². The largest absolute Gasteiger partial charge is 0.378 e. The van der Waals surface area contributed by atoms with Gasteiger partial charge in [-0.3, -0.25) is 0 Å². The third kappa shape index (κ3) is 2.98. The summed E-state index contributed by atoms with van der Waals surface area (Å²) in [7, 11) is 0. The molecule has 0 aromatic heterocycles. The molecule has 2 heteroatoms. The standard InChI is InChI=1S/C14H27NO/c1-4-14(6-7-14)10-15-12-5-8-16-13(9-12)11(2)3/h11-13,15H,4-10H2,1-3H3. The Balaban J connectivity index is 1.73. The molecule has 0 radical (unpaired) electrons. The van der Waals surface area contributed by atoms with Crippen LogP contribution in [0.25, 0.3) is 0 Å². The second-order valence-electron chi connectivity index (χ2n) is 6.11. The van der Waals surface area contributed by atoms with Crippen LogP contribution >= 0.6 is 0 Å². The summed E-state index contributed by atoms with van der Waals surface area (Å²) in [4.78, 5) is 0. The second-order valence-corrected chi connectivity index (χ2v) is 6.11. The lowest BCUT2D eigenvalue weighted by Gasteiger charge is -2.33. The molecule has 1 saturated carbocycles. The van der Waals surface area contributed by atoms with Crippen LogP contribution in [-0.4, -0.2) is 25.3 Å². The lowest BCUT2D eigenvalue weighted by atomic mass is 9.94. The summed E-state index contributed by atoms with van der Waals surface area (Å²) < 4.78 is 5.80. The van der Waals surface area contributed by atoms with Gasteiger partial charge >= 0.3 is 0 Å². The van der Waals surface area contributed by atoms with Crippen molar-refractivity contribution in [3.8, 4) is 0 Å². The minimum absolute atomic E-state index is 0.475. The van der Waals surface area contributed by atoms with E-state index in [-0.39, 0.29) is 0 Å². The predicted octanol–water partition coefficient (Wildman–Crippen LogP) is 2.97. The van der Waals surface area contributed by atoms with Crippen molar-refractivity contribution < 1.29 is 4.74 Å². The Morgan fingerprint density at radius 1 is 1.38 bits per heavy atom. The van der Waals surface area contributed by atoms with Crippen LogP contribution in [0.15, 0.2) is 0 Å².